The number of hydrogen-bond acceptors (Lipinski definition) is 0. The van der Waals surface area contributed by atoms with Gasteiger partial charge in [0, 0.05) is 0 Å². The number of rotatable bonds is 0. The molecule has 0 fully saturated rings. The van der Waals surface area contributed by atoms with E-state index in [1.165, 1.54) is 0 Å². The second-order valence-corrected chi connectivity index (χ2v) is 2.22. The molecular weight excluding hydrogens is 303 g/mol. The Morgan fingerprint density at radius 2 is 0.714 bits per heavy atom. The Morgan fingerprint density at radius 3 is 0.714 bits per heavy atom. The van der Waals surface area contributed by atoms with Gasteiger partial charge in [-0.15, -0.1) is 0 Å². The van der Waals surface area contributed by atoms with E-state index in [0.717, 1.165) is 0 Å². The Bertz CT molecular complexity index is 25.2. The van der Waals surface area contributed by atoms with Crippen molar-refractivity contribution in [1.82, 2.24) is 0 Å². The van der Waals surface area contributed by atoms with E-state index in [1.54, 1.807) is 0 Å². The molecule has 4 N–H and O–H groups in total. The molecule has 0 aromatic rings. The first-order chi connectivity index (χ1) is 2.00. The Balaban J connectivity index is -0.0000000800. The second kappa shape index (κ2) is 4.49. The van der Waals surface area contributed by atoms with E-state index in [0.29, 0.717) is 0 Å². The first-order valence-electron chi connectivity index (χ1n) is 0.478. The van der Waals surface area contributed by atoms with E-state index >= 15 is 0 Å². The van der Waals surface area contributed by atoms with Crippen LogP contribution in [0.3, 0.4) is 0 Å². The molecule has 0 atom stereocenters. The van der Waals surface area contributed by atoms with Gasteiger partial charge in [0.2, 0.25) is 0 Å². The molecular formula is H4F4O2Pt-2. The van der Waals surface area contributed by atoms with Crippen LogP contribution in [0.5, 0.6) is 0 Å². The molecule has 0 rings (SSSR count). The van der Waals surface area contributed by atoms with E-state index in [1.807, 2.05) is 0 Å². The van der Waals surface area contributed by atoms with E-state index in [9.17, 15) is 12.6 Å². The zero-order valence-corrected chi connectivity index (χ0v) is 5.10. The molecule has 7 heteroatoms. The van der Waals surface area contributed by atoms with Crippen molar-refractivity contribution in [3.63, 3.8) is 0 Å². The molecule has 2 nitrogen and oxygen atoms in total. The van der Waals surface area contributed by atoms with Gasteiger partial charge in [0.05, 0.1) is 0 Å². The van der Waals surface area contributed by atoms with Crippen molar-refractivity contribution in [2.24, 2.45) is 0 Å². The predicted octanol–water partition coefficient (Wildman–Crippen LogP) is 0.0289. The minimum atomic E-state index is -6.94. The molecule has 7 heavy (non-hydrogen) atoms. The van der Waals surface area contributed by atoms with Gasteiger partial charge < -0.3 is 11.0 Å². The van der Waals surface area contributed by atoms with E-state index < -0.39 is 18.2 Å². The monoisotopic (exact) mass is 307 g/mol. The van der Waals surface area contributed by atoms with Gasteiger partial charge in [0.15, 0.2) is 0 Å². The molecule has 0 unspecified atom stereocenters. The summed E-state index contributed by atoms with van der Waals surface area (Å²) in [5.41, 5.74) is 0. The summed E-state index contributed by atoms with van der Waals surface area (Å²) in [5.74, 6) is 0. The molecule has 0 spiro atoms. The van der Waals surface area contributed by atoms with Crippen LogP contribution in [0.1, 0.15) is 0 Å². The van der Waals surface area contributed by atoms with Gasteiger partial charge in [0.1, 0.15) is 0 Å². The van der Waals surface area contributed by atoms with Crippen LogP contribution in [0.2, 0.25) is 0 Å². The summed E-state index contributed by atoms with van der Waals surface area (Å²) in [6.45, 7) is 0. The van der Waals surface area contributed by atoms with Crippen molar-refractivity contribution in [2.75, 3.05) is 0 Å². The Morgan fingerprint density at radius 1 is 0.714 bits per heavy atom. The molecule has 0 bridgehead atoms. The van der Waals surface area contributed by atoms with Crippen molar-refractivity contribution >= 4 is 0 Å². The molecule has 0 saturated carbocycles. The van der Waals surface area contributed by atoms with Gasteiger partial charge >= 0.3 is 30.8 Å². The first kappa shape index (κ1) is 15.7. The fourth-order valence-electron chi connectivity index (χ4n) is 0. The van der Waals surface area contributed by atoms with E-state index in [-0.39, 0.29) is 11.0 Å². The number of hydrogen-bond donors (Lipinski definition) is 0. The first-order valence-corrected chi connectivity index (χ1v) is 3.91. The molecule has 0 aromatic heterocycles. The standard InChI is InChI=1S/4FH.2H2O.Pt/h4*1H;2*1H2;/q;;;;;;+2/p-4. The van der Waals surface area contributed by atoms with Crippen LogP contribution < -0.4 is 0 Å². The summed E-state index contributed by atoms with van der Waals surface area (Å²) in [6, 6.07) is 0. The summed E-state index contributed by atoms with van der Waals surface area (Å²) in [4.78, 5) is 0. The molecule has 0 aliphatic rings. The topological polar surface area (TPSA) is 63.0 Å². The van der Waals surface area contributed by atoms with Crippen molar-refractivity contribution in [2.45, 2.75) is 0 Å². The van der Waals surface area contributed by atoms with Crippen LogP contribution in [0, 0.1) is 0 Å². The van der Waals surface area contributed by atoms with Crippen molar-refractivity contribution < 1.29 is 41.7 Å². The van der Waals surface area contributed by atoms with Gasteiger partial charge in [0.25, 0.3) is 0 Å². The maximum absolute atomic E-state index is 9.87. The molecule has 0 aliphatic heterocycles. The predicted molar refractivity (Wildman–Crippen MR) is 11.7 cm³/mol. The fraction of sp³-hybridized carbons (Fsp3) is 0. The molecule has 0 heterocycles. The fourth-order valence-corrected chi connectivity index (χ4v) is 0. The van der Waals surface area contributed by atoms with Crippen LogP contribution >= 0.6 is 0 Å². The number of halogens is 4. The Kier molecular flexibility index (Phi) is 10.0. The molecule has 0 saturated heterocycles. The van der Waals surface area contributed by atoms with Crippen LogP contribution in [0.4, 0.5) is 12.6 Å². The summed E-state index contributed by atoms with van der Waals surface area (Å²) in [5, 5.41) is 0. The van der Waals surface area contributed by atoms with Crippen LogP contribution in [0.15, 0.2) is 0 Å². The van der Waals surface area contributed by atoms with Gasteiger partial charge in [-0.3, -0.25) is 0 Å². The molecule has 56 valence electrons. The zero-order chi connectivity index (χ0) is 4.50. The van der Waals surface area contributed by atoms with Gasteiger partial charge in [-0.2, -0.15) is 0 Å². The third-order valence-corrected chi connectivity index (χ3v) is 0. The summed E-state index contributed by atoms with van der Waals surface area (Å²) < 4.78 is 39.5. The van der Waals surface area contributed by atoms with Gasteiger partial charge in [-0.05, 0) is 0 Å². The van der Waals surface area contributed by atoms with Crippen molar-refractivity contribution in [3.05, 3.63) is 0 Å². The van der Waals surface area contributed by atoms with E-state index in [4.69, 9.17) is 0 Å². The second-order valence-electron chi connectivity index (χ2n) is 0.271. The normalized spacial score (nSPS) is 10.9. The summed E-state index contributed by atoms with van der Waals surface area (Å²) >= 11 is -6.94. The van der Waals surface area contributed by atoms with Crippen LogP contribution in [0.25, 0.3) is 0 Å². The van der Waals surface area contributed by atoms with Crippen LogP contribution in [-0.4, -0.2) is 11.0 Å². The third kappa shape index (κ3) is 1100. The third-order valence-electron chi connectivity index (χ3n) is 0. The summed E-state index contributed by atoms with van der Waals surface area (Å²) in [6.07, 6.45) is 0. The SMILES string of the molecule is O.O.[F][Pt-2]([F])([F])[F]. The average molecular weight is 307 g/mol. The van der Waals surface area contributed by atoms with Crippen molar-refractivity contribution in [3.8, 4) is 0 Å². The molecule has 0 radical (unpaired) electrons. The molecule has 0 aliphatic carbocycles. The van der Waals surface area contributed by atoms with E-state index in [2.05, 4.69) is 0 Å². The quantitative estimate of drug-likeness (QED) is 0.567. The zero-order valence-electron chi connectivity index (χ0n) is 2.83. The Labute approximate surface area is 42.5 Å². The minimum absolute atomic E-state index is 0. The van der Waals surface area contributed by atoms with Gasteiger partial charge in [-0.25, -0.2) is 0 Å². The van der Waals surface area contributed by atoms with Gasteiger partial charge in [-0.1, -0.05) is 0 Å². The maximum atomic E-state index is 9.87. The Hall–Kier alpha value is 0.328. The summed E-state index contributed by atoms with van der Waals surface area (Å²) in [7, 11) is 0. The molecule has 0 amide bonds. The molecule has 0 aromatic carbocycles. The van der Waals surface area contributed by atoms with Crippen LogP contribution in [-0.2, 0) is 18.2 Å². The average Bonchev–Trinajstić information content (AvgIpc) is 0.722. The van der Waals surface area contributed by atoms with Crippen molar-refractivity contribution in [1.29, 1.82) is 0 Å².